The molecule has 4 heterocycles. The first-order valence-electron chi connectivity index (χ1n) is 14.9. The molecule has 0 spiro atoms. The average molecular weight is 584 g/mol. The minimum absolute atomic E-state index is 0.0156. The Morgan fingerprint density at radius 2 is 1.70 bits per heavy atom. The number of morpholine rings is 1. The summed E-state index contributed by atoms with van der Waals surface area (Å²) in [4.78, 5) is 33.6. The molecule has 0 atom stereocenters. The minimum atomic E-state index is -1.08. The van der Waals surface area contributed by atoms with Gasteiger partial charge in [0.05, 0.1) is 30.3 Å². The number of pyridine rings is 1. The number of carboxylic acid groups (broad SMARTS) is 1. The van der Waals surface area contributed by atoms with Crippen LogP contribution in [0, 0.1) is 0 Å². The molecule has 10 nitrogen and oxygen atoms in total. The number of carbonyl (C=O) groups excluding carboxylic acids is 1. The van der Waals surface area contributed by atoms with Gasteiger partial charge < -0.3 is 24.4 Å². The summed E-state index contributed by atoms with van der Waals surface area (Å²) < 4.78 is 12.9. The Kier molecular flexibility index (Phi) is 8.29. The van der Waals surface area contributed by atoms with Gasteiger partial charge in [-0.15, -0.1) is 0 Å². The molecule has 0 saturated carbocycles. The van der Waals surface area contributed by atoms with E-state index < -0.39 is 5.97 Å². The van der Waals surface area contributed by atoms with E-state index >= 15 is 0 Å². The van der Waals surface area contributed by atoms with Crippen LogP contribution in [0.1, 0.15) is 60.4 Å². The van der Waals surface area contributed by atoms with Crippen molar-refractivity contribution < 1.29 is 24.2 Å². The van der Waals surface area contributed by atoms with Crippen LogP contribution in [0.25, 0.3) is 22.2 Å². The van der Waals surface area contributed by atoms with Crippen LogP contribution in [0.15, 0.2) is 60.7 Å². The third kappa shape index (κ3) is 6.06. The van der Waals surface area contributed by atoms with Gasteiger partial charge in [0.25, 0.3) is 0 Å². The molecule has 10 heteroatoms. The maximum Gasteiger partial charge on any atom is 0.410 e. The SMILES string of the molecule is CC(C)c1nn(C2CCN(C(=O)OCc3ccccc3)CC2)c2nc(C(=O)O)cc(-c3ccc(N4CCOCC4)cc3)c12. The van der Waals surface area contributed by atoms with Gasteiger partial charge in [-0.05, 0) is 53.6 Å². The fourth-order valence-electron chi connectivity index (χ4n) is 5.94. The molecule has 224 valence electrons. The number of nitrogens with zero attached hydrogens (tertiary/aromatic N) is 5. The predicted molar refractivity (Wildman–Crippen MR) is 164 cm³/mol. The van der Waals surface area contributed by atoms with Crippen LogP contribution in [0.5, 0.6) is 0 Å². The van der Waals surface area contributed by atoms with Gasteiger partial charge in [-0.2, -0.15) is 5.10 Å². The number of benzene rings is 2. The Hall–Kier alpha value is -4.44. The van der Waals surface area contributed by atoms with E-state index in [2.05, 4.69) is 35.9 Å². The highest BCUT2D eigenvalue weighted by atomic mass is 16.6. The van der Waals surface area contributed by atoms with Gasteiger partial charge in [0, 0.05) is 31.9 Å². The van der Waals surface area contributed by atoms with Gasteiger partial charge in [0.2, 0.25) is 0 Å². The molecule has 2 saturated heterocycles. The van der Waals surface area contributed by atoms with Crippen LogP contribution in [0.3, 0.4) is 0 Å². The van der Waals surface area contributed by atoms with Crippen LogP contribution < -0.4 is 4.90 Å². The Labute approximate surface area is 250 Å². The molecule has 4 aromatic rings. The van der Waals surface area contributed by atoms with Crippen molar-refractivity contribution in [1.29, 1.82) is 0 Å². The molecule has 43 heavy (non-hydrogen) atoms. The van der Waals surface area contributed by atoms with Gasteiger partial charge in [0.15, 0.2) is 11.3 Å². The zero-order valence-corrected chi connectivity index (χ0v) is 24.6. The molecule has 2 aliphatic heterocycles. The van der Waals surface area contributed by atoms with E-state index in [0.29, 0.717) is 44.8 Å². The van der Waals surface area contributed by atoms with Crippen molar-refractivity contribution in [3.8, 4) is 11.1 Å². The van der Waals surface area contributed by atoms with Crippen LogP contribution in [0.2, 0.25) is 0 Å². The molecule has 0 radical (unpaired) electrons. The third-order valence-corrected chi connectivity index (χ3v) is 8.28. The maximum atomic E-state index is 12.8. The molecule has 2 aromatic heterocycles. The van der Waals surface area contributed by atoms with E-state index in [1.807, 2.05) is 47.1 Å². The fourth-order valence-corrected chi connectivity index (χ4v) is 5.94. The average Bonchev–Trinajstić information content (AvgIpc) is 3.44. The summed E-state index contributed by atoms with van der Waals surface area (Å²) in [5.41, 5.74) is 5.24. The second kappa shape index (κ2) is 12.4. The molecule has 1 amide bonds. The number of fused-ring (bicyclic) bond motifs is 1. The Morgan fingerprint density at radius 3 is 2.35 bits per heavy atom. The van der Waals surface area contributed by atoms with Crippen molar-refractivity contribution in [3.63, 3.8) is 0 Å². The van der Waals surface area contributed by atoms with Gasteiger partial charge in [-0.1, -0.05) is 56.3 Å². The molecule has 0 unspecified atom stereocenters. The number of hydrogen-bond acceptors (Lipinski definition) is 7. The summed E-state index contributed by atoms with van der Waals surface area (Å²) >= 11 is 0. The first-order valence-corrected chi connectivity index (χ1v) is 14.9. The quantitative estimate of drug-likeness (QED) is 0.294. The lowest BCUT2D eigenvalue weighted by atomic mass is 9.97. The first-order chi connectivity index (χ1) is 20.9. The van der Waals surface area contributed by atoms with E-state index in [4.69, 9.17) is 14.6 Å². The molecule has 0 bridgehead atoms. The van der Waals surface area contributed by atoms with Gasteiger partial charge in [0.1, 0.15) is 6.61 Å². The molecule has 2 aromatic carbocycles. The Bertz CT molecular complexity index is 1590. The number of ether oxygens (including phenoxy) is 2. The predicted octanol–water partition coefficient (Wildman–Crippen LogP) is 5.73. The number of likely N-dealkylation sites (tertiary alicyclic amines) is 1. The summed E-state index contributed by atoms with van der Waals surface area (Å²) in [5.74, 6) is -0.983. The highest BCUT2D eigenvalue weighted by molar-refractivity contribution is 6.00. The number of carbonyl (C=O) groups is 2. The lowest BCUT2D eigenvalue weighted by Gasteiger charge is -2.31. The smallest absolute Gasteiger partial charge is 0.410 e. The number of amides is 1. The largest absolute Gasteiger partial charge is 0.477 e. The van der Waals surface area contributed by atoms with Crippen LogP contribution in [-0.2, 0) is 16.1 Å². The van der Waals surface area contributed by atoms with Crippen molar-refractivity contribution in [2.24, 2.45) is 0 Å². The summed E-state index contributed by atoms with van der Waals surface area (Å²) in [5, 5.41) is 15.9. The number of hydrogen-bond donors (Lipinski definition) is 1. The van der Waals surface area contributed by atoms with Crippen molar-refractivity contribution in [2.75, 3.05) is 44.3 Å². The topological polar surface area (TPSA) is 110 Å². The zero-order chi connectivity index (χ0) is 29.9. The molecule has 6 rings (SSSR count). The highest BCUT2D eigenvalue weighted by Gasteiger charge is 2.30. The molecule has 0 aliphatic carbocycles. The van der Waals surface area contributed by atoms with E-state index in [1.165, 1.54) is 0 Å². The van der Waals surface area contributed by atoms with Crippen molar-refractivity contribution in [1.82, 2.24) is 19.7 Å². The molecular weight excluding hydrogens is 546 g/mol. The van der Waals surface area contributed by atoms with E-state index in [9.17, 15) is 14.7 Å². The van der Waals surface area contributed by atoms with Gasteiger partial charge >= 0.3 is 12.1 Å². The van der Waals surface area contributed by atoms with Crippen molar-refractivity contribution in [2.45, 2.75) is 45.3 Å². The number of aromatic nitrogens is 3. The summed E-state index contributed by atoms with van der Waals surface area (Å²) in [7, 11) is 0. The molecule has 1 N–H and O–H groups in total. The minimum Gasteiger partial charge on any atom is -0.477 e. The fraction of sp³-hybridized carbons (Fsp3) is 0.394. The van der Waals surface area contributed by atoms with Crippen molar-refractivity contribution >= 4 is 28.8 Å². The standard InChI is InChI=1S/C33H37N5O5/c1-22(2)30-29-27(24-8-10-25(11-9-24)36-16-18-42-19-17-36)20-28(32(39)40)34-31(29)38(35-30)26-12-14-37(15-13-26)33(41)43-21-23-6-4-3-5-7-23/h3-11,20,22,26H,12-19,21H2,1-2H3,(H,39,40). The maximum absolute atomic E-state index is 12.8. The molecular formula is C33H37N5O5. The Balaban J connectivity index is 1.28. The second-order valence-corrected chi connectivity index (χ2v) is 11.4. The van der Waals surface area contributed by atoms with Crippen LogP contribution >= 0.6 is 0 Å². The number of piperidine rings is 1. The number of carboxylic acids is 1. The summed E-state index contributed by atoms with van der Waals surface area (Å²) in [6, 6.07) is 19.5. The highest BCUT2D eigenvalue weighted by Crippen LogP contribution is 2.37. The number of anilines is 1. The van der Waals surface area contributed by atoms with Crippen LogP contribution in [0.4, 0.5) is 10.5 Å². The zero-order valence-electron chi connectivity index (χ0n) is 24.6. The Morgan fingerprint density at radius 1 is 1.00 bits per heavy atom. The summed E-state index contributed by atoms with van der Waals surface area (Å²) in [6.45, 7) is 8.56. The first kappa shape index (κ1) is 28.7. The van der Waals surface area contributed by atoms with E-state index in [-0.39, 0.29) is 30.4 Å². The molecule has 2 aliphatic rings. The van der Waals surface area contributed by atoms with Gasteiger partial charge in [-0.3, -0.25) is 0 Å². The monoisotopic (exact) mass is 583 g/mol. The normalized spacial score (nSPS) is 16.2. The third-order valence-electron chi connectivity index (χ3n) is 8.28. The summed E-state index contributed by atoms with van der Waals surface area (Å²) in [6.07, 6.45) is 0.999. The lowest BCUT2D eigenvalue weighted by Crippen LogP contribution is -2.39. The number of rotatable bonds is 7. The number of aromatic carboxylic acids is 1. The van der Waals surface area contributed by atoms with E-state index in [1.54, 1.807) is 11.0 Å². The lowest BCUT2D eigenvalue weighted by molar-refractivity contribution is 0.0689. The van der Waals surface area contributed by atoms with Crippen LogP contribution in [-0.4, -0.2) is 76.2 Å². The molecule has 2 fully saturated rings. The second-order valence-electron chi connectivity index (χ2n) is 11.4. The van der Waals surface area contributed by atoms with Gasteiger partial charge in [-0.25, -0.2) is 19.3 Å². The van der Waals surface area contributed by atoms with E-state index in [0.717, 1.165) is 46.5 Å². The van der Waals surface area contributed by atoms with Crippen molar-refractivity contribution in [3.05, 3.63) is 77.6 Å².